The third-order valence-corrected chi connectivity index (χ3v) is 7.94. The van der Waals surface area contributed by atoms with Crippen LogP contribution in [0.15, 0.2) is 66.9 Å². The summed E-state index contributed by atoms with van der Waals surface area (Å²) in [6.07, 6.45) is 9.06. The lowest BCUT2D eigenvalue weighted by Crippen LogP contribution is -2.47. The summed E-state index contributed by atoms with van der Waals surface area (Å²) in [5, 5.41) is 8.88. The fourth-order valence-corrected chi connectivity index (χ4v) is 5.84. The van der Waals surface area contributed by atoms with Crippen LogP contribution >= 0.6 is 0 Å². The molecular formula is C32H35F2N5O2. The largest absolute Gasteiger partial charge is 0.363 e. The highest BCUT2D eigenvalue weighted by atomic mass is 19.1. The quantitative estimate of drug-likeness (QED) is 0.282. The first-order valence-electron chi connectivity index (χ1n) is 14.5. The van der Waals surface area contributed by atoms with Gasteiger partial charge in [-0.15, -0.1) is 0 Å². The number of nitrogens with one attached hydrogen (secondary N) is 2. The average Bonchev–Trinajstić information content (AvgIpc) is 3.38. The standard InChI is InChI=1S/C32H35F2N5O2/c33-27-18-23(19-28(34)20-27)16-22-7-12-29-26(17-22)21-35-39(29)37-32(40)25-10-8-24(9-11-25)31(38-13-3-1-4-14-38)36-30-6-2-5-15-41-30/h7-12,17-21,30-31,36H,1-6,13-16H2,(H,37,40). The van der Waals surface area contributed by atoms with E-state index in [4.69, 9.17) is 4.74 Å². The van der Waals surface area contributed by atoms with Crippen LogP contribution in [0, 0.1) is 11.6 Å². The number of hydrogen-bond acceptors (Lipinski definition) is 5. The molecule has 3 heterocycles. The summed E-state index contributed by atoms with van der Waals surface area (Å²) in [6, 6.07) is 16.9. The van der Waals surface area contributed by atoms with Gasteiger partial charge in [0, 0.05) is 23.6 Å². The number of nitrogens with zero attached hydrogens (tertiary/aromatic N) is 3. The number of rotatable bonds is 8. The number of amides is 1. The van der Waals surface area contributed by atoms with E-state index in [2.05, 4.69) is 20.7 Å². The van der Waals surface area contributed by atoms with Gasteiger partial charge in [0.05, 0.1) is 17.9 Å². The van der Waals surface area contributed by atoms with E-state index in [0.29, 0.717) is 17.5 Å². The Morgan fingerprint density at radius 1 is 0.927 bits per heavy atom. The van der Waals surface area contributed by atoms with Crippen LogP contribution in [0.5, 0.6) is 0 Å². The van der Waals surface area contributed by atoms with E-state index in [1.165, 1.54) is 42.6 Å². The second-order valence-corrected chi connectivity index (χ2v) is 11.0. The topological polar surface area (TPSA) is 71.4 Å². The van der Waals surface area contributed by atoms with Gasteiger partial charge in [-0.1, -0.05) is 24.6 Å². The van der Waals surface area contributed by atoms with Gasteiger partial charge >= 0.3 is 0 Å². The number of carbonyl (C=O) groups is 1. The predicted molar refractivity (Wildman–Crippen MR) is 154 cm³/mol. The molecule has 2 aliphatic rings. The van der Waals surface area contributed by atoms with Gasteiger partial charge in [0.15, 0.2) is 0 Å². The molecule has 7 nitrogen and oxygen atoms in total. The number of likely N-dealkylation sites (tertiary alicyclic amines) is 1. The van der Waals surface area contributed by atoms with E-state index in [9.17, 15) is 13.6 Å². The normalized spacial score (nSPS) is 18.8. The Bertz CT molecular complexity index is 1470. The van der Waals surface area contributed by atoms with Crippen LogP contribution in [0.2, 0.25) is 0 Å². The smallest absolute Gasteiger partial charge is 0.271 e. The zero-order chi connectivity index (χ0) is 28.2. The molecule has 0 bridgehead atoms. The third-order valence-electron chi connectivity index (χ3n) is 7.94. The maximum Gasteiger partial charge on any atom is 0.271 e. The minimum absolute atomic E-state index is 0.0438. The second-order valence-electron chi connectivity index (χ2n) is 11.0. The summed E-state index contributed by atoms with van der Waals surface area (Å²) in [6.45, 7) is 2.87. The maximum atomic E-state index is 13.6. The molecule has 214 valence electrons. The van der Waals surface area contributed by atoms with Gasteiger partial charge in [0.2, 0.25) is 0 Å². The molecule has 41 heavy (non-hydrogen) atoms. The van der Waals surface area contributed by atoms with Crippen LogP contribution in [0.25, 0.3) is 10.9 Å². The van der Waals surface area contributed by atoms with Crippen LogP contribution in [-0.2, 0) is 11.2 Å². The van der Waals surface area contributed by atoms with Gasteiger partial charge < -0.3 is 4.74 Å². The number of fused-ring (bicyclic) bond motifs is 1. The molecule has 0 radical (unpaired) electrons. The molecule has 2 atom stereocenters. The summed E-state index contributed by atoms with van der Waals surface area (Å²) in [7, 11) is 0. The Kier molecular flexibility index (Phi) is 8.36. The highest BCUT2D eigenvalue weighted by Gasteiger charge is 2.26. The molecule has 1 amide bonds. The van der Waals surface area contributed by atoms with E-state index in [1.54, 1.807) is 6.20 Å². The summed E-state index contributed by atoms with van der Waals surface area (Å²) in [4.78, 5) is 17.1. The molecule has 3 aromatic carbocycles. The van der Waals surface area contributed by atoms with Crippen molar-refractivity contribution in [3.63, 3.8) is 0 Å². The molecule has 0 aliphatic carbocycles. The Morgan fingerprint density at radius 3 is 2.44 bits per heavy atom. The molecule has 2 unspecified atom stereocenters. The first kappa shape index (κ1) is 27.5. The summed E-state index contributed by atoms with van der Waals surface area (Å²) in [5.74, 6) is -1.46. The van der Waals surface area contributed by atoms with Crippen LogP contribution < -0.4 is 10.7 Å². The highest BCUT2D eigenvalue weighted by Crippen LogP contribution is 2.26. The summed E-state index contributed by atoms with van der Waals surface area (Å²) >= 11 is 0. The third kappa shape index (κ3) is 6.64. The summed E-state index contributed by atoms with van der Waals surface area (Å²) in [5.41, 5.74) is 6.69. The van der Waals surface area contributed by atoms with Gasteiger partial charge in [-0.25, -0.2) is 14.2 Å². The van der Waals surface area contributed by atoms with Crippen molar-refractivity contribution in [1.29, 1.82) is 0 Å². The van der Waals surface area contributed by atoms with Crippen molar-refractivity contribution in [2.75, 3.05) is 25.1 Å². The van der Waals surface area contributed by atoms with Crippen molar-refractivity contribution in [2.45, 2.75) is 57.3 Å². The highest BCUT2D eigenvalue weighted by molar-refractivity contribution is 6.00. The zero-order valence-corrected chi connectivity index (χ0v) is 23.0. The Balaban J connectivity index is 1.14. The number of carbonyl (C=O) groups excluding carboxylic acids is 1. The first-order chi connectivity index (χ1) is 20.0. The van der Waals surface area contributed by atoms with Crippen molar-refractivity contribution in [3.8, 4) is 0 Å². The first-order valence-corrected chi connectivity index (χ1v) is 14.5. The van der Waals surface area contributed by atoms with Gasteiger partial charge in [0.25, 0.3) is 5.91 Å². The number of ether oxygens (including phenoxy) is 1. The van der Waals surface area contributed by atoms with E-state index >= 15 is 0 Å². The van der Waals surface area contributed by atoms with Crippen molar-refractivity contribution < 1.29 is 18.3 Å². The summed E-state index contributed by atoms with van der Waals surface area (Å²) < 4.78 is 33.2. The van der Waals surface area contributed by atoms with Crippen LogP contribution in [0.4, 0.5) is 8.78 Å². The molecule has 0 saturated carbocycles. The Labute approximate surface area is 238 Å². The number of hydrogen-bond donors (Lipinski definition) is 2. The van der Waals surface area contributed by atoms with Gasteiger partial charge in [-0.05, 0) is 105 Å². The average molecular weight is 560 g/mol. The molecule has 2 aliphatic heterocycles. The van der Waals surface area contributed by atoms with E-state index in [0.717, 1.165) is 60.6 Å². The van der Waals surface area contributed by atoms with E-state index in [1.807, 2.05) is 42.5 Å². The SMILES string of the molecule is O=C(Nn1ncc2cc(Cc3cc(F)cc(F)c3)ccc21)c1ccc(C(NC2CCCCO2)N2CCCCC2)cc1. The molecule has 2 N–H and O–H groups in total. The van der Waals surface area contributed by atoms with Crippen molar-refractivity contribution >= 4 is 16.8 Å². The van der Waals surface area contributed by atoms with E-state index in [-0.39, 0.29) is 18.3 Å². The Hall–Kier alpha value is -3.66. The molecule has 6 rings (SSSR count). The number of halogens is 2. The monoisotopic (exact) mass is 559 g/mol. The van der Waals surface area contributed by atoms with Crippen LogP contribution in [0.3, 0.4) is 0 Å². The van der Waals surface area contributed by atoms with Gasteiger partial charge in [-0.3, -0.25) is 15.0 Å². The predicted octanol–water partition coefficient (Wildman–Crippen LogP) is 5.89. The second kappa shape index (κ2) is 12.5. The van der Waals surface area contributed by atoms with Crippen LogP contribution in [-0.4, -0.2) is 46.6 Å². The fraction of sp³-hybridized carbons (Fsp3) is 0.375. The minimum atomic E-state index is -0.596. The lowest BCUT2D eigenvalue weighted by molar-refractivity contribution is -0.0333. The van der Waals surface area contributed by atoms with Crippen LogP contribution in [0.1, 0.15) is 71.7 Å². The zero-order valence-electron chi connectivity index (χ0n) is 23.0. The maximum absolute atomic E-state index is 13.6. The fourth-order valence-electron chi connectivity index (χ4n) is 5.84. The van der Waals surface area contributed by atoms with Crippen molar-refractivity contribution in [1.82, 2.24) is 20.1 Å². The molecule has 1 aromatic heterocycles. The molecule has 2 fully saturated rings. The molecular weight excluding hydrogens is 524 g/mol. The molecule has 9 heteroatoms. The minimum Gasteiger partial charge on any atom is -0.363 e. The van der Waals surface area contributed by atoms with E-state index < -0.39 is 11.6 Å². The van der Waals surface area contributed by atoms with Gasteiger partial charge in [-0.2, -0.15) is 9.89 Å². The molecule has 4 aromatic rings. The number of benzene rings is 3. The Morgan fingerprint density at radius 2 is 1.71 bits per heavy atom. The molecule has 2 saturated heterocycles. The lowest BCUT2D eigenvalue weighted by Gasteiger charge is -2.38. The number of aromatic nitrogens is 2. The van der Waals surface area contributed by atoms with Crippen molar-refractivity contribution in [3.05, 3.63) is 101 Å². The molecule has 0 spiro atoms. The van der Waals surface area contributed by atoms with Crippen molar-refractivity contribution in [2.24, 2.45) is 0 Å². The number of piperidine rings is 1. The lowest BCUT2D eigenvalue weighted by atomic mass is 10.0. The van der Waals surface area contributed by atoms with Gasteiger partial charge in [0.1, 0.15) is 17.9 Å².